The van der Waals surface area contributed by atoms with Crippen LogP contribution in [-0.2, 0) is 11.2 Å². The molecule has 0 bridgehead atoms. The van der Waals surface area contributed by atoms with Crippen molar-refractivity contribution >= 4 is 15.9 Å². The highest BCUT2D eigenvalue weighted by molar-refractivity contribution is 9.10. The second-order valence-electron chi connectivity index (χ2n) is 5.18. The lowest BCUT2D eigenvalue weighted by atomic mass is 9.96. The Bertz CT molecular complexity index is 380. The van der Waals surface area contributed by atoms with Gasteiger partial charge in [0.05, 0.1) is 6.10 Å². The number of aromatic nitrogens is 1. The second-order valence-corrected chi connectivity index (χ2v) is 6.10. The summed E-state index contributed by atoms with van der Waals surface area (Å²) in [7, 11) is 0. The van der Waals surface area contributed by atoms with E-state index in [0.717, 1.165) is 30.5 Å². The highest BCUT2D eigenvalue weighted by atomic mass is 79.9. The van der Waals surface area contributed by atoms with Gasteiger partial charge in [0.15, 0.2) is 0 Å². The van der Waals surface area contributed by atoms with Gasteiger partial charge in [0.25, 0.3) is 0 Å². The molecular weight excluding hydrogens is 304 g/mol. The van der Waals surface area contributed by atoms with Crippen LogP contribution < -0.4 is 5.32 Å². The fourth-order valence-electron chi connectivity index (χ4n) is 2.57. The molecule has 1 aliphatic rings. The Labute approximate surface area is 124 Å². The molecule has 2 rings (SSSR count). The number of pyridine rings is 1. The lowest BCUT2D eigenvalue weighted by molar-refractivity contribution is -0.00739. The fourth-order valence-corrected chi connectivity index (χ4v) is 2.98. The summed E-state index contributed by atoms with van der Waals surface area (Å²) in [6.45, 7) is 4.16. The molecule has 0 saturated carbocycles. The van der Waals surface area contributed by atoms with Crippen molar-refractivity contribution in [3.63, 3.8) is 0 Å². The van der Waals surface area contributed by atoms with Gasteiger partial charge in [-0.3, -0.25) is 4.98 Å². The van der Waals surface area contributed by atoms with Gasteiger partial charge in [-0.25, -0.2) is 0 Å². The van der Waals surface area contributed by atoms with E-state index in [0.29, 0.717) is 12.1 Å². The smallest absolute Gasteiger partial charge is 0.0731 e. The molecule has 0 aromatic carbocycles. The number of halogens is 1. The third kappa shape index (κ3) is 4.86. The summed E-state index contributed by atoms with van der Waals surface area (Å²) in [4.78, 5) is 4.25. The number of nitrogens with one attached hydrogen (secondary N) is 1. The van der Waals surface area contributed by atoms with Crippen molar-refractivity contribution in [3.05, 3.63) is 28.5 Å². The number of ether oxygens (including phenoxy) is 1. The molecule has 1 aromatic rings. The van der Waals surface area contributed by atoms with Gasteiger partial charge < -0.3 is 10.1 Å². The molecule has 0 radical (unpaired) electrons. The Hall–Kier alpha value is -0.450. The molecule has 106 valence electrons. The van der Waals surface area contributed by atoms with Crippen LogP contribution >= 0.6 is 15.9 Å². The molecule has 0 amide bonds. The molecule has 0 aliphatic carbocycles. The standard InChI is InChI=1S/C15H23BrN2O/c1-2-6-18-14(15-5-3-4-7-19-15)9-12-8-13(16)11-17-10-12/h8,10-11,14-15,18H,2-7,9H2,1H3. The first kappa shape index (κ1) is 14.9. The highest BCUT2D eigenvalue weighted by Gasteiger charge is 2.24. The molecule has 2 unspecified atom stereocenters. The lowest BCUT2D eigenvalue weighted by Crippen LogP contribution is -2.44. The van der Waals surface area contributed by atoms with Crippen LogP contribution in [0.15, 0.2) is 22.9 Å². The van der Waals surface area contributed by atoms with E-state index in [2.05, 4.69) is 39.2 Å². The Balaban J connectivity index is 1.99. The van der Waals surface area contributed by atoms with Crippen molar-refractivity contribution in [1.29, 1.82) is 0 Å². The van der Waals surface area contributed by atoms with E-state index >= 15 is 0 Å². The molecule has 2 atom stereocenters. The maximum atomic E-state index is 5.94. The van der Waals surface area contributed by atoms with E-state index in [9.17, 15) is 0 Å². The average molecular weight is 327 g/mol. The minimum atomic E-state index is 0.347. The minimum absolute atomic E-state index is 0.347. The van der Waals surface area contributed by atoms with Gasteiger partial charge >= 0.3 is 0 Å². The summed E-state index contributed by atoms with van der Waals surface area (Å²) in [5, 5.41) is 3.64. The van der Waals surface area contributed by atoms with Gasteiger partial charge in [-0.15, -0.1) is 0 Å². The first-order chi connectivity index (χ1) is 9.29. The highest BCUT2D eigenvalue weighted by Crippen LogP contribution is 2.19. The zero-order chi connectivity index (χ0) is 13.5. The Kier molecular flexibility index (Phi) is 6.28. The minimum Gasteiger partial charge on any atom is -0.377 e. The van der Waals surface area contributed by atoms with Crippen LogP contribution in [0.3, 0.4) is 0 Å². The van der Waals surface area contributed by atoms with E-state index in [-0.39, 0.29) is 0 Å². The van der Waals surface area contributed by atoms with Gasteiger partial charge in [0.1, 0.15) is 0 Å². The van der Waals surface area contributed by atoms with Gasteiger partial charge in [-0.05, 0) is 66.2 Å². The summed E-state index contributed by atoms with van der Waals surface area (Å²) in [5.41, 5.74) is 1.26. The Morgan fingerprint density at radius 2 is 2.37 bits per heavy atom. The van der Waals surface area contributed by atoms with Crippen molar-refractivity contribution in [1.82, 2.24) is 10.3 Å². The molecule has 1 aromatic heterocycles. The van der Waals surface area contributed by atoms with Crippen molar-refractivity contribution in [3.8, 4) is 0 Å². The normalized spacial score (nSPS) is 21.3. The maximum Gasteiger partial charge on any atom is 0.0731 e. The number of hydrogen-bond acceptors (Lipinski definition) is 3. The van der Waals surface area contributed by atoms with E-state index < -0.39 is 0 Å². The van der Waals surface area contributed by atoms with Gasteiger partial charge in [-0.2, -0.15) is 0 Å². The van der Waals surface area contributed by atoms with Crippen molar-refractivity contribution in [2.24, 2.45) is 0 Å². The molecule has 4 heteroatoms. The zero-order valence-corrected chi connectivity index (χ0v) is 13.2. The summed E-state index contributed by atoms with van der Waals surface area (Å²) in [6.07, 6.45) is 9.92. The number of nitrogens with zero attached hydrogens (tertiary/aromatic N) is 1. The third-order valence-corrected chi connectivity index (χ3v) is 3.97. The molecule has 1 saturated heterocycles. The maximum absolute atomic E-state index is 5.94. The topological polar surface area (TPSA) is 34.2 Å². The van der Waals surface area contributed by atoms with Crippen molar-refractivity contribution < 1.29 is 4.74 Å². The Morgan fingerprint density at radius 1 is 1.47 bits per heavy atom. The van der Waals surface area contributed by atoms with Crippen molar-refractivity contribution in [2.45, 2.75) is 51.2 Å². The number of rotatable bonds is 6. The van der Waals surface area contributed by atoms with Crippen LogP contribution in [0.1, 0.15) is 38.2 Å². The third-order valence-electron chi connectivity index (χ3n) is 3.54. The molecule has 0 spiro atoms. The first-order valence-electron chi connectivity index (χ1n) is 7.24. The summed E-state index contributed by atoms with van der Waals surface area (Å²) < 4.78 is 6.99. The van der Waals surface area contributed by atoms with Gasteiger partial charge in [0.2, 0.25) is 0 Å². The van der Waals surface area contributed by atoms with Crippen LogP contribution in [0.5, 0.6) is 0 Å². The van der Waals surface area contributed by atoms with E-state index in [1.807, 2.05) is 12.4 Å². The molecule has 3 nitrogen and oxygen atoms in total. The lowest BCUT2D eigenvalue weighted by Gasteiger charge is -2.31. The fraction of sp³-hybridized carbons (Fsp3) is 0.667. The molecule has 1 N–H and O–H groups in total. The van der Waals surface area contributed by atoms with Crippen LogP contribution in [0, 0.1) is 0 Å². The first-order valence-corrected chi connectivity index (χ1v) is 8.03. The van der Waals surface area contributed by atoms with Crippen LogP contribution in [0.4, 0.5) is 0 Å². The monoisotopic (exact) mass is 326 g/mol. The van der Waals surface area contributed by atoms with Crippen LogP contribution in [0.2, 0.25) is 0 Å². The van der Waals surface area contributed by atoms with Crippen LogP contribution in [-0.4, -0.2) is 30.3 Å². The largest absolute Gasteiger partial charge is 0.377 e. The zero-order valence-electron chi connectivity index (χ0n) is 11.6. The summed E-state index contributed by atoms with van der Waals surface area (Å²) >= 11 is 3.49. The quantitative estimate of drug-likeness (QED) is 0.870. The van der Waals surface area contributed by atoms with Gasteiger partial charge in [0, 0.05) is 29.5 Å². The Morgan fingerprint density at radius 3 is 3.05 bits per heavy atom. The van der Waals surface area contributed by atoms with E-state index in [1.54, 1.807) is 0 Å². The SMILES string of the molecule is CCCNC(Cc1cncc(Br)c1)C1CCCCO1. The summed E-state index contributed by atoms with van der Waals surface area (Å²) in [5.74, 6) is 0. The molecule has 19 heavy (non-hydrogen) atoms. The molecule has 1 aliphatic heterocycles. The molecular formula is C15H23BrN2O. The van der Waals surface area contributed by atoms with Gasteiger partial charge in [-0.1, -0.05) is 6.92 Å². The number of hydrogen-bond donors (Lipinski definition) is 1. The van der Waals surface area contributed by atoms with E-state index in [1.165, 1.54) is 24.8 Å². The van der Waals surface area contributed by atoms with Crippen molar-refractivity contribution in [2.75, 3.05) is 13.2 Å². The molecule has 1 fully saturated rings. The predicted octanol–water partition coefficient (Wildman–Crippen LogP) is 3.32. The average Bonchev–Trinajstić information content (AvgIpc) is 2.44. The predicted molar refractivity (Wildman–Crippen MR) is 81.3 cm³/mol. The second kappa shape index (κ2) is 7.98. The van der Waals surface area contributed by atoms with Crippen LogP contribution in [0.25, 0.3) is 0 Å². The van der Waals surface area contributed by atoms with E-state index in [4.69, 9.17) is 4.74 Å². The summed E-state index contributed by atoms with van der Waals surface area (Å²) in [6, 6.07) is 2.55. The molecule has 2 heterocycles.